The summed E-state index contributed by atoms with van der Waals surface area (Å²) in [6, 6.07) is 5.91. The van der Waals surface area contributed by atoms with Crippen molar-refractivity contribution in [2.45, 2.75) is 13.5 Å². The number of nitrogens with zero attached hydrogens (tertiary/aromatic N) is 3. The molecule has 0 aliphatic rings. The van der Waals surface area contributed by atoms with Crippen LogP contribution in [0.3, 0.4) is 0 Å². The Kier molecular flexibility index (Phi) is 3.39. The van der Waals surface area contributed by atoms with E-state index in [1.807, 2.05) is 36.9 Å². The molecule has 0 aliphatic carbocycles. The number of hydrogen-bond donors (Lipinski definition) is 1. The van der Waals surface area contributed by atoms with Gasteiger partial charge in [-0.3, -0.25) is 0 Å². The zero-order valence-electron chi connectivity index (χ0n) is 10.3. The fourth-order valence-corrected chi connectivity index (χ4v) is 1.71. The zero-order valence-corrected chi connectivity index (χ0v) is 10.3. The first-order valence-electron chi connectivity index (χ1n) is 5.45. The summed E-state index contributed by atoms with van der Waals surface area (Å²) in [5.41, 5.74) is 3.14. The van der Waals surface area contributed by atoms with Crippen molar-refractivity contribution >= 4 is 0 Å². The first-order chi connectivity index (χ1) is 8.26. The molecule has 90 valence electrons. The summed E-state index contributed by atoms with van der Waals surface area (Å²) in [6.07, 6.45) is 1.76. The molecule has 1 aromatic heterocycles. The average Bonchev–Trinajstić information content (AvgIpc) is 2.78. The van der Waals surface area contributed by atoms with Gasteiger partial charge < -0.3 is 10.1 Å². The molecule has 0 saturated heterocycles. The van der Waals surface area contributed by atoms with E-state index >= 15 is 0 Å². The van der Waals surface area contributed by atoms with E-state index in [-0.39, 0.29) is 0 Å². The molecule has 5 nitrogen and oxygen atoms in total. The van der Waals surface area contributed by atoms with Crippen LogP contribution < -0.4 is 10.1 Å². The number of nitrogens with one attached hydrogen (secondary N) is 1. The Bertz CT molecular complexity index is 507. The third-order valence-electron chi connectivity index (χ3n) is 2.62. The predicted octanol–water partition coefficient (Wildman–Crippen LogP) is 1.30. The SMILES string of the molecule is CNCc1cnnn1-c1cc(OC)ccc1C. The van der Waals surface area contributed by atoms with E-state index in [4.69, 9.17) is 4.74 Å². The molecule has 0 bridgehead atoms. The van der Waals surface area contributed by atoms with Gasteiger partial charge in [0.05, 0.1) is 24.7 Å². The topological polar surface area (TPSA) is 52.0 Å². The fourth-order valence-electron chi connectivity index (χ4n) is 1.71. The Morgan fingerprint density at radius 2 is 2.24 bits per heavy atom. The minimum Gasteiger partial charge on any atom is -0.497 e. The molecule has 2 aromatic rings. The summed E-state index contributed by atoms with van der Waals surface area (Å²) < 4.78 is 7.06. The highest BCUT2D eigenvalue weighted by Gasteiger charge is 2.09. The van der Waals surface area contributed by atoms with Crippen LogP contribution in [0.5, 0.6) is 5.75 Å². The van der Waals surface area contributed by atoms with Crippen LogP contribution >= 0.6 is 0 Å². The van der Waals surface area contributed by atoms with Crippen LogP contribution in [-0.4, -0.2) is 29.2 Å². The molecule has 0 unspecified atom stereocenters. The number of rotatable bonds is 4. The fraction of sp³-hybridized carbons (Fsp3) is 0.333. The van der Waals surface area contributed by atoms with Crippen molar-refractivity contribution in [3.8, 4) is 11.4 Å². The standard InChI is InChI=1S/C12H16N4O/c1-9-4-5-11(17-3)6-12(9)16-10(7-13-2)8-14-15-16/h4-6,8,13H,7H2,1-3H3. The van der Waals surface area contributed by atoms with E-state index in [2.05, 4.69) is 15.6 Å². The molecule has 1 heterocycles. The van der Waals surface area contributed by atoms with Crippen LogP contribution in [0.15, 0.2) is 24.4 Å². The minimum atomic E-state index is 0.726. The molecule has 0 aliphatic heterocycles. The molecular formula is C12H16N4O. The van der Waals surface area contributed by atoms with Crippen LogP contribution in [0.25, 0.3) is 5.69 Å². The van der Waals surface area contributed by atoms with E-state index in [9.17, 15) is 0 Å². The van der Waals surface area contributed by atoms with Crippen LogP contribution in [0, 0.1) is 6.92 Å². The van der Waals surface area contributed by atoms with Gasteiger partial charge in [0.2, 0.25) is 0 Å². The second-order valence-corrected chi connectivity index (χ2v) is 3.82. The summed E-state index contributed by atoms with van der Waals surface area (Å²) in [6.45, 7) is 2.77. The van der Waals surface area contributed by atoms with Gasteiger partial charge >= 0.3 is 0 Å². The van der Waals surface area contributed by atoms with Gasteiger partial charge in [0.15, 0.2) is 0 Å². The maximum atomic E-state index is 5.23. The maximum absolute atomic E-state index is 5.23. The van der Waals surface area contributed by atoms with E-state index in [0.717, 1.165) is 29.2 Å². The lowest BCUT2D eigenvalue weighted by atomic mass is 10.2. The summed E-state index contributed by atoms with van der Waals surface area (Å²) in [7, 11) is 3.56. The predicted molar refractivity (Wildman–Crippen MR) is 65.4 cm³/mol. The van der Waals surface area contributed by atoms with Gasteiger partial charge in [-0.05, 0) is 25.6 Å². The lowest BCUT2D eigenvalue weighted by Gasteiger charge is -2.10. The summed E-state index contributed by atoms with van der Waals surface area (Å²) in [4.78, 5) is 0. The first-order valence-corrected chi connectivity index (χ1v) is 5.45. The molecule has 1 aromatic carbocycles. The molecule has 0 fully saturated rings. The lowest BCUT2D eigenvalue weighted by molar-refractivity contribution is 0.414. The number of methoxy groups -OCH3 is 1. The minimum absolute atomic E-state index is 0.726. The number of ether oxygens (including phenoxy) is 1. The van der Waals surface area contributed by atoms with Crippen molar-refractivity contribution in [2.24, 2.45) is 0 Å². The van der Waals surface area contributed by atoms with Gasteiger partial charge in [-0.2, -0.15) is 0 Å². The van der Waals surface area contributed by atoms with Gasteiger partial charge in [0.25, 0.3) is 0 Å². The van der Waals surface area contributed by atoms with Crippen LogP contribution in [0.2, 0.25) is 0 Å². The van der Waals surface area contributed by atoms with E-state index < -0.39 is 0 Å². The Morgan fingerprint density at radius 3 is 2.94 bits per heavy atom. The van der Waals surface area contributed by atoms with Crippen LogP contribution in [0.1, 0.15) is 11.3 Å². The van der Waals surface area contributed by atoms with Crippen molar-refractivity contribution < 1.29 is 4.74 Å². The molecule has 0 radical (unpaired) electrons. The number of aromatic nitrogens is 3. The van der Waals surface area contributed by atoms with Crippen molar-refractivity contribution in [1.82, 2.24) is 20.3 Å². The molecule has 0 amide bonds. The molecule has 0 saturated carbocycles. The number of benzene rings is 1. The third kappa shape index (κ3) is 2.29. The number of aryl methyl sites for hydroxylation is 1. The summed E-state index contributed by atoms with van der Waals surface area (Å²) in [5, 5.41) is 11.2. The van der Waals surface area contributed by atoms with E-state index in [1.165, 1.54) is 0 Å². The highest BCUT2D eigenvalue weighted by atomic mass is 16.5. The quantitative estimate of drug-likeness (QED) is 0.863. The smallest absolute Gasteiger partial charge is 0.121 e. The largest absolute Gasteiger partial charge is 0.497 e. The van der Waals surface area contributed by atoms with E-state index in [1.54, 1.807) is 13.3 Å². The lowest BCUT2D eigenvalue weighted by Crippen LogP contribution is -2.11. The Balaban J connectivity index is 2.47. The highest BCUT2D eigenvalue weighted by Crippen LogP contribution is 2.21. The molecule has 1 N–H and O–H groups in total. The van der Waals surface area contributed by atoms with Crippen molar-refractivity contribution in [3.05, 3.63) is 35.7 Å². The van der Waals surface area contributed by atoms with Gasteiger partial charge in [0.1, 0.15) is 5.75 Å². The second-order valence-electron chi connectivity index (χ2n) is 3.82. The van der Waals surface area contributed by atoms with Crippen LogP contribution in [-0.2, 0) is 6.54 Å². The summed E-state index contributed by atoms with van der Waals surface area (Å²) >= 11 is 0. The Labute approximate surface area is 100 Å². The van der Waals surface area contributed by atoms with Gasteiger partial charge in [-0.1, -0.05) is 11.3 Å². The highest BCUT2D eigenvalue weighted by molar-refractivity contribution is 5.45. The zero-order chi connectivity index (χ0) is 12.3. The first kappa shape index (κ1) is 11.6. The number of hydrogen-bond acceptors (Lipinski definition) is 4. The third-order valence-corrected chi connectivity index (χ3v) is 2.62. The second kappa shape index (κ2) is 4.97. The maximum Gasteiger partial charge on any atom is 0.121 e. The molecule has 2 rings (SSSR count). The normalized spacial score (nSPS) is 10.5. The van der Waals surface area contributed by atoms with Crippen molar-refractivity contribution in [1.29, 1.82) is 0 Å². The molecule has 5 heteroatoms. The van der Waals surface area contributed by atoms with Crippen LogP contribution in [0.4, 0.5) is 0 Å². The van der Waals surface area contributed by atoms with Gasteiger partial charge in [-0.15, -0.1) is 5.10 Å². The van der Waals surface area contributed by atoms with Gasteiger partial charge in [-0.25, -0.2) is 4.68 Å². The van der Waals surface area contributed by atoms with Crippen molar-refractivity contribution in [3.63, 3.8) is 0 Å². The average molecular weight is 232 g/mol. The molecule has 0 spiro atoms. The van der Waals surface area contributed by atoms with Gasteiger partial charge in [0, 0.05) is 12.6 Å². The summed E-state index contributed by atoms with van der Waals surface area (Å²) in [5.74, 6) is 0.816. The van der Waals surface area contributed by atoms with Crippen molar-refractivity contribution in [2.75, 3.05) is 14.2 Å². The Hall–Kier alpha value is -1.88. The molecule has 0 atom stereocenters. The molecule has 17 heavy (non-hydrogen) atoms. The molecular weight excluding hydrogens is 216 g/mol. The monoisotopic (exact) mass is 232 g/mol. The Morgan fingerprint density at radius 1 is 1.41 bits per heavy atom. The van der Waals surface area contributed by atoms with E-state index in [0.29, 0.717) is 0 Å².